The average molecular weight is 751 g/mol. The highest BCUT2D eigenvalue weighted by Crippen LogP contribution is 2.57. The number of amides is 1. The molecule has 1 aliphatic rings. The lowest BCUT2D eigenvalue weighted by Crippen LogP contribution is -2.37. The van der Waals surface area contributed by atoms with E-state index < -0.39 is 33.8 Å². The Morgan fingerprint density at radius 1 is 1.11 bits per heavy atom. The van der Waals surface area contributed by atoms with Gasteiger partial charge in [0.2, 0.25) is 5.91 Å². The van der Waals surface area contributed by atoms with Crippen LogP contribution >= 0.6 is 10.8 Å². The first-order valence-electron chi connectivity index (χ1n) is 17.4. The Morgan fingerprint density at radius 3 is 2.53 bits per heavy atom. The molecule has 14 heteroatoms. The third kappa shape index (κ3) is 7.25. The van der Waals surface area contributed by atoms with Crippen molar-refractivity contribution in [1.29, 1.82) is 0 Å². The highest BCUT2D eigenvalue weighted by Gasteiger charge is 2.42. The minimum Gasteiger partial charge on any atom is -0.494 e. The summed E-state index contributed by atoms with van der Waals surface area (Å²) < 4.78 is 73.6. The Morgan fingerprint density at radius 2 is 1.87 bits per heavy atom. The molecule has 2 aromatic heterocycles. The van der Waals surface area contributed by atoms with E-state index in [0.717, 1.165) is 45.5 Å². The Bertz CT molecular complexity index is 2160. The van der Waals surface area contributed by atoms with Crippen LogP contribution in [-0.4, -0.2) is 53.0 Å². The largest absolute Gasteiger partial charge is 0.494 e. The van der Waals surface area contributed by atoms with E-state index in [-0.39, 0.29) is 41.8 Å². The molecule has 5 aromatic rings. The number of methoxy groups -OCH3 is 1. The van der Waals surface area contributed by atoms with Crippen molar-refractivity contribution in [3.63, 3.8) is 0 Å². The van der Waals surface area contributed by atoms with Gasteiger partial charge in [-0.1, -0.05) is 44.2 Å². The molecule has 282 valence electrons. The number of pyridine rings is 1. The van der Waals surface area contributed by atoms with Crippen LogP contribution in [0.1, 0.15) is 72.6 Å². The molecular formula is C39H45F3N6O4S. The summed E-state index contributed by atoms with van der Waals surface area (Å²) >= 11 is 0. The molecule has 0 aliphatic carbocycles. The molecule has 3 heterocycles. The van der Waals surface area contributed by atoms with Crippen molar-refractivity contribution >= 4 is 33.4 Å². The van der Waals surface area contributed by atoms with Gasteiger partial charge in [0, 0.05) is 31.7 Å². The van der Waals surface area contributed by atoms with Crippen molar-refractivity contribution in [2.45, 2.75) is 78.0 Å². The third-order valence-corrected chi connectivity index (χ3v) is 12.3. The van der Waals surface area contributed by atoms with Gasteiger partial charge in [0.05, 0.1) is 34.9 Å². The molecule has 53 heavy (non-hydrogen) atoms. The number of hydrogen-bond donors (Lipinski definition) is 3. The average Bonchev–Trinajstić information content (AvgIpc) is 3.51. The van der Waals surface area contributed by atoms with Crippen molar-refractivity contribution in [1.82, 2.24) is 24.3 Å². The maximum absolute atomic E-state index is 14.3. The lowest BCUT2D eigenvalue weighted by molar-refractivity contribution is -0.137. The van der Waals surface area contributed by atoms with Crippen molar-refractivity contribution in [3.05, 3.63) is 106 Å². The fourth-order valence-electron chi connectivity index (χ4n) is 7.38. The van der Waals surface area contributed by atoms with Crippen LogP contribution < -0.4 is 10.1 Å². The quantitative estimate of drug-likeness (QED) is 0.136. The van der Waals surface area contributed by atoms with E-state index in [4.69, 9.17) is 4.74 Å². The number of carbonyl (C=O) groups excluding carboxylic acids is 1. The lowest BCUT2D eigenvalue weighted by Gasteiger charge is -2.43. The maximum Gasteiger partial charge on any atom is 0.416 e. The van der Waals surface area contributed by atoms with Crippen molar-refractivity contribution in [2.75, 3.05) is 19.0 Å². The van der Waals surface area contributed by atoms with Gasteiger partial charge in [0.1, 0.15) is 16.8 Å². The summed E-state index contributed by atoms with van der Waals surface area (Å²) in [4.78, 5) is 18.5. The van der Waals surface area contributed by atoms with Crippen LogP contribution in [0.2, 0.25) is 0 Å². The lowest BCUT2D eigenvalue weighted by atomic mass is 9.69. The Labute approximate surface area is 308 Å². The van der Waals surface area contributed by atoms with E-state index in [9.17, 15) is 27.1 Å². The van der Waals surface area contributed by atoms with Gasteiger partial charge >= 0.3 is 6.18 Å². The van der Waals surface area contributed by atoms with E-state index in [2.05, 4.69) is 20.6 Å². The number of aryl methyl sites for hydroxylation is 3. The van der Waals surface area contributed by atoms with Crippen LogP contribution in [0.25, 0.3) is 11.0 Å². The monoisotopic (exact) mass is 750 g/mol. The second-order valence-corrected chi connectivity index (χ2v) is 16.4. The minimum atomic E-state index is -4.55. The number of halogens is 3. The number of aromatic nitrogens is 4. The van der Waals surface area contributed by atoms with Crippen LogP contribution in [0, 0.1) is 25.2 Å². The molecule has 2 atom stereocenters. The number of anilines is 1. The van der Waals surface area contributed by atoms with Crippen LogP contribution in [-0.2, 0) is 30.5 Å². The van der Waals surface area contributed by atoms with Crippen molar-refractivity contribution < 1.29 is 31.8 Å². The summed E-state index contributed by atoms with van der Waals surface area (Å²) in [5.41, 5.74) is 4.42. The summed E-state index contributed by atoms with van der Waals surface area (Å²) in [5.74, 6) is -0.420. The summed E-state index contributed by atoms with van der Waals surface area (Å²) in [5, 5.41) is 11.9. The topological polar surface area (TPSA) is 126 Å². The molecule has 3 aromatic carbocycles. The number of alkyl halides is 3. The highest BCUT2D eigenvalue weighted by molar-refractivity contribution is 8.22. The molecule has 1 aliphatic heterocycles. The molecule has 0 saturated heterocycles. The van der Waals surface area contributed by atoms with Gasteiger partial charge < -0.3 is 10.1 Å². The first-order valence-corrected chi connectivity index (χ1v) is 18.9. The van der Waals surface area contributed by atoms with E-state index in [1.54, 1.807) is 40.6 Å². The number of carbonyl (C=O) groups is 1. The van der Waals surface area contributed by atoms with Gasteiger partial charge in [-0.2, -0.15) is 17.5 Å². The molecule has 2 unspecified atom stereocenters. The SMILES string of the molecule is CCn1nnc2c(C)c(C(c3ccc(C)c(CN4CC(C)Cc5cc(C(F)(F)F)ccc5S4(O)O)c3)C(C)(C)C(=O)Nc3cccnc3)cc(OC)c21. The van der Waals surface area contributed by atoms with E-state index in [1.807, 2.05) is 65.8 Å². The number of ether oxygens (including phenoxy) is 1. The number of benzene rings is 3. The molecule has 0 saturated carbocycles. The molecule has 0 bridgehead atoms. The molecular weight excluding hydrogens is 706 g/mol. The number of rotatable bonds is 9. The number of nitrogens with one attached hydrogen (secondary N) is 1. The molecule has 3 N–H and O–H groups in total. The molecule has 1 amide bonds. The number of fused-ring (bicyclic) bond motifs is 2. The van der Waals surface area contributed by atoms with Crippen LogP contribution in [0.15, 0.2) is 71.9 Å². The number of hydrogen-bond acceptors (Lipinski definition) is 8. The van der Waals surface area contributed by atoms with Crippen LogP contribution in [0.3, 0.4) is 0 Å². The summed E-state index contributed by atoms with van der Waals surface area (Å²) in [6, 6.07) is 14.5. The van der Waals surface area contributed by atoms with E-state index in [1.165, 1.54) is 6.07 Å². The summed E-state index contributed by atoms with van der Waals surface area (Å²) in [6.45, 7) is 12.4. The Hall–Kier alpha value is -4.50. The Balaban J connectivity index is 1.47. The minimum absolute atomic E-state index is 0.103. The van der Waals surface area contributed by atoms with E-state index >= 15 is 0 Å². The van der Waals surface area contributed by atoms with Crippen LogP contribution in [0.5, 0.6) is 5.75 Å². The standard InChI is InChI=1S/C39H45F3N6O4S/c1-8-48-36-32(52-7)19-31(25(4)35(36)45-46-48)34(38(5,6)37(49)44-30-10-9-15-43-20-30)26-12-11-24(3)28(17-26)22-47-21-23(2)16-27-18-29(39(40,41)42)13-14-33(27)53(47,50)51/h9-15,17-20,23,34,50-51H,8,16,21-22H2,1-7H3,(H,44,49). The fourth-order valence-corrected chi connectivity index (χ4v) is 9.19. The first kappa shape index (κ1) is 38.2. The second kappa shape index (κ2) is 14.4. The second-order valence-electron chi connectivity index (χ2n) is 14.4. The molecule has 6 rings (SSSR count). The van der Waals surface area contributed by atoms with Gasteiger partial charge in [-0.25, -0.2) is 4.68 Å². The predicted molar refractivity (Wildman–Crippen MR) is 200 cm³/mol. The fraction of sp³-hybridized carbons (Fsp3) is 0.385. The van der Waals surface area contributed by atoms with Gasteiger partial charge in [0.15, 0.2) is 0 Å². The zero-order valence-corrected chi connectivity index (χ0v) is 31.6. The van der Waals surface area contributed by atoms with Gasteiger partial charge in [-0.15, -0.1) is 15.9 Å². The zero-order chi connectivity index (χ0) is 38.5. The molecule has 0 spiro atoms. The smallest absolute Gasteiger partial charge is 0.416 e. The van der Waals surface area contributed by atoms with Crippen LogP contribution in [0.4, 0.5) is 18.9 Å². The summed E-state index contributed by atoms with van der Waals surface area (Å²) in [7, 11) is -2.08. The Kier molecular flexibility index (Phi) is 10.4. The van der Waals surface area contributed by atoms with E-state index in [0.29, 0.717) is 23.5 Å². The normalized spacial score (nSPS) is 17.5. The number of nitrogens with zero attached hydrogens (tertiary/aromatic N) is 5. The third-order valence-electron chi connectivity index (χ3n) is 10.3. The zero-order valence-electron chi connectivity index (χ0n) is 30.8. The van der Waals surface area contributed by atoms with Gasteiger partial charge in [-0.05, 0) is 103 Å². The molecule has 0 radical (unpaired) electrons. The van der Waals surface area contributed by atoms with Gasteiger partial charge in [-0.3, -0.25) is 18.9 Å². The molecule has 10 nitrogen and oxygen atoms in total. The van der Waals surface area contributed by atoms with Crippen molar-refractivity contribution in [2.24, 2.45) is 11.3 Å². The van der Waals surface area contributed by atoms with Gasteiger partial charge in [0.25, 0.3) is 0 Å². The van der Waals surface area contributed by atoms with Crippen molar-refractivity contribution in [3.8, 4) is 5.75 Å². The predicted octanol–water partition coefficient (Wildman–Crippen LogP) is 9.01. The first-order chi connectivity index (χ1) is 25.0. The maximum atomic E-state index is 14.3. The molecule has 0 fully saturated rings. The highest BCUT2D eigenvalue weighted by atomic mass is 32.3. The summed E-state index contributed by atoms with van der Waals surface area (Å²) in [6.07, 6.45) is -1.08.